The summed E-state index contributed by atoms with van der Waals surface area (Å²) in [6.45, 7) is 2.09. The van der Waals surface area contributed by atoms with E-state index in [9.17, 15) is 5.26 Å². The standard InChI is InChI=1S/C15H14N4/c16-10-13-9-12(14-5-6-17-11-18-14)3-4-15(13)19-7-1-2-8-19/h3-6,9,11H,1-2,7-8H2. The van der Waals surface area contributed by atoms with E-state index in [4.69, 9.17) is 0 Å². The molecular formula is C15H14N4. The van der Waals surface area contributed by atoms with E-state index in [2.05, 4.69) is 20.9 Å². The first-order valence-corrected chi connectivity index (χ1v) is 6.44. The molecule has 0 radical (unpaired) electrons. The largest absolute Gasteiger partial charge is 0.370 e. The molecule has 4 heteroatoms. The van der Waals surface area contributed by atoms with Crippen LogP contribution in [0.25, 0.3) is 11.3 Å². The minimum Gasteiger partial charge on any atom is -0.370 e. The van der Waals surface area contributed by atoms with Gasteiger partial charge in [0.25, 0.3) is 0 Å². The van der Waals surface area contributed by atoms with Gasteiger partial charge in [0, 0.05) is 24.8 Å². The van der Waals surface area contributed by atoms with E-state index in [1.807, 2.05) is 24.3 Å². The zero-order valence-corrected chi connectivity index (χ0v) is 10.6. The van der Waals surface area contributed by atoms with Crippen LogP contribution in [0, 0.1) is 11.3 Å². The van der Waals surface area contributed by atoms with Crippen LogP contribution < -0.4 is 4.90 Å². The van der Waals surface area contributed by atoms with Crippen molar-refractivity contribution in [3.05, 3.63) is 42.4 Å². The van der Waals surface area contributed by atoms with Gasteiger partial charge in [-0.25, -0.2) is 9.97 Å². The van der Waals surface area contributed by atoms with E-state index in [-0.39, 0.29) is 0 Å². The van der Waals surface area contributed by atoms with Gasteiger partial charge < -0.3 is 4.90 Å². The minimum atomic E-state index is 0.720. The molecule has 3 rings (SSSR count). The second-order valence-corrected chi connectivity index (χ2v) is 4.63. The summed E-state index contributed by atoms with van der Waals surface area (Å²) >= 11 is 0. The average Bonchev–Trinajstić information content (AvgIpc) is 3.01. The molecular weight excluding hydrogens is 236 g/mol. The maximum atomic E-state index is 9.34. The summed E-state index contributed by atoms with van der Waals surface area (Å²) in [6.07, 6.45) is 5.65. The van der Waals surface area contributed by atoms with Crippen molar-refractivity contribution in [1.29, 1.82) is 5.26 Å². The van der Waals surface area contributed by atoms with Gasteiger partial charge in [-0.1, -0.05) is 6.07 Å². The topological polar surface area (TPSA) is 52.8 Å². The fraction of sp³-hybridized carbons (Fsp3) is 0.267. The van der Waals surface area contributed by atoms with Crippen LogP contribution in [-0.4, -0.2) is 23.1 Å². The molecule has 0 spiro atoms. The maximum Gasteiger partial charge on any atom is 0.116 e. The highest BCUT2D eigenvalue weighted by Gasteiger charge is 2.16. The molecule has 94 valence electrons. The third-order valence-corrected chi connectivity index (χ3v) is 3.44. The number of hydrogen-bond acceptors (Lipinski definition) is 4. The zero-order chi connectivity index (χ0) is 13.1. The first-order chi connectivity index (χ1) is 9.38. The summed E-state index contributed by atoms with van der Waals surface area (Å²) in [5.74, 6) is 0. The molecule has 2 heterocycles. The molecule has 4 nitrogen and oxygen atoms in total. The normalized spacial score (nSPS) is 14.4. The Bertz CT molecular complexity index is 610. The molecule has 1 aliphatic rings. The Morgan fingerprint density at radius 1 is 1.16 bits per heavy atom. The Hall–Kier alpha value is -2.41. The van der Waals surface area contributed by atoms with E-state index in [1.165, 1.54) is 19.2 Å². The number of rotatable bonds is 2. The van der Waals surface area contributed by atoms with E-state index in [0.717, 1.165) is 35.6 Å². The lowest BCUT2D eigenvalue weighted by Gasteiger charge is -2.19. The SMILES string of the molecule is N#Cc1cc(-c2ccncn2)ccc1N1CCCC1. The number of nitriles is 1. The summed E-state index contributed by atoms with van der Waals surface area (Å²) in [4.78, 5) is 10.4. The van der Waals surface area contributed by atoms with Gasteiger partial charge in [0.15, 0.2) is 0 Å². The van der Waals surface area contributed by atoms with Crippen molar-refractivity contribution in [2.45, 2.75) is 12.8 Å². The van der Waals surface area contributed by atoms with Crippen molar-refractivity contribution < 1.29 is 0 Å². The molecule has 0 unspecified atom stereocenters. The van der Waals surface area contributed by atoms with Crippen molar-refractivity contribution in [1.82, 2.24) is 9.97 Å². The lowest BCUT2D eigenvalue weighted by atomic mass is 10.1. The molecule has 2 aromatic rings. The monoisotopic (exact) mass is 250 g/mol. The highest BCUT2D eigenvalue weighted by Crippen LogP contribution is 2.28. The summed E-state index contributed by atoms with van der Waals surface area (Å²) in [5, 5.41) is 9.34. The maximum absolute atomic E-state index is 9.34. The van der Waals surface area contributed by atoms with Gasteiger partial charge in [-0.3, -0.25) is 0 Å². The van der Waals surface area contributed by atoms with Crippen LogP contribution in [0.3, 0.4) is 0 Å². The molecule has 0 aliphatic carbocycles. The lowest BCUT2D eigenvalue weighted by molar-refractivity contribution is 0.949. The second kappa shape index (κ2) is 5.07. The van der Waals surface area contributed by atoms with Gasteiger partial charge in [0.1, 0.15) is 12.4 Å². The molecule has 1 fully saturated rings. The highest BCUT2D eigenvalue weighted by atomic mass is 15.1. The fourth-order valence-corrected chi connectivity index (χ4v) is 2.48. The van der Waals surface area contributed by atoms with Crippen molar-refractivity contribution in [3.8, 4) is 17.3 Å². The van der Waals surface area contributed by atoms with Crippen molar-refractivity contribution in [2.75, 3.05) is 18.0 Å². The quantitative estimate of drug-likeness (QED) is 0.822. The van der Waals surface area contributed by atoms with Crippen LogP contribution in [0.2, 0.25) is 0 Å². The Morgan fingerprint density at radius 2 is 2.00 bits per heavy atom. The number of anilines is 1. The number of aromatic nitrogens is 2. The van der Waals surface area contributed by atoms with E-state index in [1.54, 1.807) is 6.20 Å². The third-order valence-electron chi connectivity index (χ3n) is 3.44. The van der Waals surface area contributed by atoms with Crippen molar-refractivity contribution >= 4 is 5.69 Å². The molecule has 1 saturated heterocycles. The van der Waals surface area contributed by atoms with Crippen LogP contribution in [0.5, 0.6) is 0 Å². The highest BCUT2D eigenvalue weighted by molar-refractivity contribution is 5.69. The molecule has 0 N–H and O–H groups in total. The number of hydrogen-bond donors (Lipinski definition) is 0. The fourth-order valence-electron chi connectivity index (χ4n) is 2.48. The van der Waals surface area contributed by atoms with E-state index < -0.39 is 0 Å². The Morgan fingerprint density at radius 3 is 2.68 bits per heavy atom. The van der Waals surface area contributed by atoms with E-state index >= 15 is 0 Å². The Labute approximate surface area is 112 Å². The van der Waals surface area contributed by atoms with Gasteiger partial charge >= 0.3 is 0 Å². The Kier molecular flexibility index (Phi) is 3.11. The van der Waals surface area contributed by atoms with Gasteiger partial charge in [-0.2, -0.15) is 5.26 Å². The molecule has 0 atom stereocenters. The van der Waals surface area contributed by atoms with Crippen LogP contribution in [0.15, 0.2) is 36.8 Å². The predicted octanol–water partition coefficient (Wildman–Crippen LogP) is 2.62. The zero-order valence-electron chi connectivity index (χ0n) is 10.6. The molecule has 0 amide bonds. The minimum absolute atomic E-state index is 0.720. The van der Waals surface area contributed by atoms with Gasteiger partial charge in [-0.15, -0.1) is 0 Å². The van der Waals surface area contributed by atoms with Crippen LogP contribution in [0.1, 0.15) is 18.4 Å². The summed E-state index contributed by atoms with van der Waals surface area (Å²) < 4.78 is 0. The van der Waals surface area contributed by atoms with Gasteiger partial charge in [0.05, 0.1) is 16.9 Å². The number of nitrogens with zero attached hydrogens (tertiary/aromatic N) is 4. The lowest BCUT2D eigenvalue weighted by Crippen LogP contribution is -2.18. The second-order valence-electron chi connectivity index (χ2n) is 4.63. The number of benzene rings is 1. The molecule has 1 aromatic carbocycles. The van der Waals surface area contributed by atoms with Gasteiger partial charge in [0.2, 0.25) is 0 Å². The molecule has 1 aromatic heterocycles. The van der Waals surface area contributed by atoms with Crippen molar-refractivity contribution in [2.24, 2.45) is 0 Å². The van der Waals surface area contributed by atoms with Crippen LogP contribution in [0.4, 0.5) is 5.69 Å². The first-order valence-electron chi connectivity index (χ1n) is 6.44. The first kappa shape index (κ1) is 11.7. The molecule has 0 saturated carbocycles. The van der Waals surface area contributed by atoms with Crippen molar-refractivity contribution in [3.63, 3.8) is 0 Å². The summed E-state index contributed by atoms with van der Waals surface area (Å²) in [6, 6.07) is 10.1. The molecule has 0 bridgehead atoms. The summed E-state index contributed by atoms with van der Waals surface area (Å²) in [5.41, 5.74) is 3.57. The Balaban J connectivity index is 2.00. The van der Waals surface area contributed by atoms with Gasteiger partial charge in [-0.05, 0) is 31.0 Å². The molecule has 19 heavy (non-hydrogen) atoms. The third kappa shape index (κ3) is 2.27. The van der Waals surface area contributed by atoms with Crippen LogP contribution >= 0.6 is 0 Å². The smallest absolute Gasteiger partial charge is 0.116 e. The predicted molar refractivity (Wildman–Crippen MR) is 73.6 cm³/mol. The average molecular weight is 250 g/mol. The van der Waals surface area contributed by atoms with E-state index in [0.29, 0.717) is 0 Å². The van der Waals surface area contributed by atoms with Crippen LogP contribution in [-0.2, 0) is 0 Å². The summed E-state index contributed by atoms with van der Waals surface area (Å²) in [7, 11) is 0. The molecule has 1 aliphatic heterocycles.